The molecule has 0 nitrogen and oxygen atoms in total. The summed E-state index contributed by atoms with van der Waals surface area (Å²) in [5, 5.41) is 0. The van der Waals surface area contributed by atoms with Gasteiger partial charge in [-0.2, -0.15) is 0 Å². The third-order valence-electron chi connectivity index (χ3n) is 2.55. The molecular formula is C15H12Br2. The van der Waals surface area contributed by atoms with Crippen LogP contribution in [0.2, 0.25) is 0 Å². The average molecular weight is 352 g/mol. The molecule has 0 aliphatic rings. The van der Waals surface area contributed by atoms with Crippen LogP contribution in [0.3, 0.4) is 0 Å². The van der Waals surface area contributed by atoms with Gasteiger partial charge in [0.15, 0.2) is 0 Å². The van der Waals surface area contributed by atoms with Crippen LogP contribution in [-0.4, -0.2) is 0 Å². The predicted molar refractivity (Wildman–Crippen MR) is 81.8 cm³/mol. The maximum absolute atomic E-state index is 3.44. The molecule has 0 aliphatic heterocycles. The molecule has 0 saturated carbocycles. The van der Waals surface area contributed by atoms with E-state index in [1.54, 1.807) is 0 Å². The number of halogens is 2. The van der Waals surface area contributed by atoms with Crippen LogP contribution in [0.15, 0.2) is 57.5 Å². The number of rotatable bonds is 2. The maximum atomic E-state index is 3.44. The maximum Gasteiger partial charge on any atom is 0.0175 e. The van der Waals surface area contributed by atoms with Crippen LogP contribution in [-0.2, 0) is 0 Å². The molecule has 2 aromatic rings. The van der Waals surface area contributed by atoms with Crippen LogP contribution in [0.1, 0.15) is 18.1 Å². The molecule has 0 aromatic heterocycles. The van der Waals surface area contributed by atoms with E-state index in [0.717, 1.165) is 8.95 Å². The minimum Gasteiger partial charge on any atom is -0.0539 e. The SMILES string of the molecule is C/C(=C/c1ccc(Br)cc1)c1ccc(Br)cc1. The summed E-state index contributed by atoms with van der Waals surface area (Å²) in [5.74, 6) is 0. The van der Waals surface area contributed by atoms with Crippen LogP contribution in [0.25, 0.3) is 11.6 Å². The molecule has 2 aromatic carbocycles. The Labute approximate surface area is 119 Å². The van der Waals surface area contributed by atoms with E-state index in [-0.39, 0.29) is 0 Å². The van der Waals surface area contributed by atoms with Crippen LogP contribution in [0.4, 0.5) is 0 Å². The van der Waals surface area contributed by atoms with Crippen LogP contribution in [0, 0.1) is 0 Å². The van der Waals surface area contributed by atoms with Gasteiger partial charge in [0, 0.05) is 8.95 Å². The first-order valence-corrected chi connectivity index (χ1v) is 6.93. The van der Waals surface area contributed by atoms with E-state index in [0.29, 0.717) is 0 Å². The molecule has 0 heterocycles. The molecule has 0 unspecified atom stereocenters. The molecule has 2 rings (SSSR count). The van der Waals surface area contributed by atoms with E-state index in [4.69, 9.17) is 0 Å². The van der Waals surface area contributed by atoms with Gasteiger partial charge in [0.2, 0.25) is 0 Å². The number of hydrogen-bond donors (Lipinski definition) is 0. The molecule has 0 radical (unpaired) electrons. The van der Waals surface area contributed by atoms with Gasteiger partial charge in [-0.05, 0) is 47.9 Å². The molecule has 0 fully saturated rings. The number of allylic oxidation sites excluding steroid dienone is 1. The Kier molecular flexibility index (Phi) is 4.19. The van der Waals surface area contributed by atoms with Gasteiger partial charge in [-0.1, -0.05) is 62.2 Å². The molecular weight excluding hydrogens is 340 g/mol. The summed E-state index contributed by atoms with van der Waals surface area (Å²) < 4.78 is 2.22. The molecule has 0 saturated heterocycles. The normalized spacial score (nSPS) is 11.6. The van der Waals surface area contributed by atoms with Crippen molar-refractivity contribution in [3.8, 4) is 0 Å². The molecule has 0 atom stereocenters. The van der Waals surface area contributed by atoms with Gasteiger partial charge in [-0.15, -0.1) is 0 Å². The summed E-state index contributed by atoms with van der Waals surface area (Å²) in [6.45, 7) is 2.13. The van der Waals surface area contributed by atoms with Gasteiger partial charge in [-0.3, -0.25) is 0 Å². The van der Waals surface area contributed by atoms with Crippen LogP contribution >= 0.6 is 31.9 Å². The van der Waals surface area contributed by atoms with Crippen molar-refractivity contribution in [1.82, 2.24) is 0 Å². The Morgan fingerprint density at radius 3 is 1.82 bits per heavy atom. The Morgan fingerprint density at radius 2 is 1.29 bits per heavy atom. The standard InChI is InChI=1S/C15H12Br2/c1-11(13-4-8-15(17)9-5-13)10-12-2-6-14(16)7-3-12/h2-10H,1H3/b11-10-. The fourth-order valence-corrected chi connectivity index (χ4v) is 2.13. The third kappa shape index (κ3) is 3.55. The predicted octanol–water partition coefficient (Wildman–Crippen LogP) is 5.77. The Balaban J connectivity index is 2.27. The fourth-order valence-electron chi connectivity index (χ4n) is 1.61. The first-order valence-electron chi connectivity index (χ1n) is 5.35. The Bertz CT molecular complexity index is 522. The quantitative estimate of drug-likeness (QED) is 0.602. The van der Waals surface area contributed by atoms with Crippen molar-refractivity contribution in [2.75, 3.05) is 0 Å². The molecule has 0 N–H and O–H groups in total. The van der Waals surface area contributed by atoms with E-state index >= 15 is 0 Å². The van der Waals surface area contributed by atoms with E-state index < -0.39 is 0 Å². The lowest BCUT2D eigenvalue weighted by Crippen LogP contribution is -1.79. The number of benzene rings is 2. The Morgan fingerprint density at radius 1 is 0.824 bits per heavy atom. The smallest absolute Gasteiger partial charge is 0.0175 e. The summed E-state index contributed by atoms with van der Waals surface area (Å²) >= 11 is 6.88. The lowest BCUT2D eigenvalue weighted by molar-refractivity contribution is 1.54. The van der Waals surface area contributed by atoms with Crippen molar-refractivity contribution >= 4 is 43.5 Å². The van der Waals surface area contributed by atoms with Crippen molar-refractivity contribution in [2.24, 2.45) is 0 Å². The average Bonchev–Trinajstić information content (AvgIpc) is 2.33. The van der Waals surface area contributed by atoms with Gasteiger partial charge >= 0.3 is 0 Å². The zero-order chi connectivity index (χ0) is 12.3. The monoisotopic (exact) mass is 350 g/mol. The zero-order valence-corrected chi connectivity index (χ0v) is 12.6. The minimum atomic E-state index is 1.11. The van der Waals surface area contributed by atoms with Gasteiger partial charge in [0.25, 0.3) is 0 Å². The van der Waals surface area contributed by atoms with Crippen LogP contribution < -0.4 is 0 Å². The van der Waals surface area contributed by atoms with E-state index in [2.05, 4.69) is 93.4 Å². The number of hydrogen-bond acceptors (Lipinski definition) is 0. The molecule has 2 heteroatoms. The van der Waals surface area contributed by atoms with Gasteiger partial charge in [0.1, 0.15) is 0 Å². The summed E-state index contributed by atoms with van der Waals surface area (Å²) in [4.78, 5) is 0. The van der Waals surface area contributed by atoms with Gasteiger partial charge in [0.05, 0.1) is 0 Å². The van der Waals surface area contributed by atoms with E-state index in [1.807, 2.05) is 0 Å². The molecule has 0 aliphatic carbocycles. The highest BCUT2D eigenvalue weighted by molar-refractivity contribution is 9.10. The first kappa shape index (κ1) is 12.6. The van der Waals surface area contributed by atoms with Gasteiger partial charge in [-0.25, -0.2) is 0 Å². The van der Waals surface area contributed by atoms with E-state index in [9.17, 15) is 0 Å². The van der Waals surface area contributed by atoms with E-state index in [1.165, 1.54) is 16.7 Å². The van der Waals surface area contributed by atoms with Crippen molar-refractivity contribution in [2.45, 2.75) is 6.92 Å². The van der Waals surface area contributed by atoms with Crippen molar-refractivity contribution < 1.29 is 0 Å². The van der Waals surface area contributed by atoms with Crippen molar-refractivity contribution in [3.63, 3.8) is 0 Å². The molecule has 0 amide bonds. The molecule has 17 heavy (non-hydrogen) atoms. The minimum absolute atomic E-state index is 1.11. The van der Waals surface area contributed by atoms with Crippen molar-refractivity contribution in [3.05, 3.63) is 68.6 Å². The summed E-state index contributed by atoms with van der Waals surface area (Å²) in [6, 6.07) is 16.7. The first-order chi connectivity index (χ1) is 8.15. The molecule has 86 valence electrons. The lowest BCUT2D eigenvalue weighted by atomic mass is 10.0. The van der Waals surface area contributed by atoms with Crippen molar-refractivity contribution in [1.29, 1.82) is 0 Å². The second-order valence-corrected chi connectivity index (χ2v) is 5.72. The summed E-state index contributed by atoms with van der Waals surface area (Å²) in [6.07, 6.45) is 2.19. The van der Waals surface area contributed by atoms with Crippen LogP contribution in [0.5, 0.6) is 0 Å². The molecule has 0 spiro atoms. The Hall–Kier alpha value is -0.860. The summed E-state index contributed by atoms with van der Waals surface area (Å²) in [5.41, 5.74) is 3.73. The molecule has 0 bridgehead atoms. The largest absolute Gasteiger partial charge is 0.0539 e. The third-order valence-corrected chi connectivity index (χ3v) is 3.61. The van der Waals surface area contributed by atoms with Gasteiger partial charge < -0.3 is 0 Å². The fraction of sp³-hybridized carbons (Fsp3) is 0.0667. The highest BCUT2D eigenvalue weighted by Gasteiger charge is 1.96. The highest BCUT2D eigenvalue weighted by atomic mass is 79.9. The second-order valence-electron chi connectivity index (χ2n) is 3.89. The second kappa shape index (κ2) is 5.65. The lowest BCUT2D eigenvalue weighted by Gasteiger charge is -2.02. The summed E-state index contributed by atoms with van der Waals surface area (Å²) in [7, 11) is 0. The topological polar surface area (TPSA) is 0 Å². The zero-order valence-electron chi connectivity index (χ0n) is 9.45. The highest BCUT2D eigenvalue weighted by Crippen LogP contribution is 2.20.